The Bertz CT molecular complexity index is 911. The van der Waals surface area contributed by atoms with Gasteiger partial charge in [-0.3, -0.25) is 9.10 Å². The molecule has 0 fully saturated rings. The molecule has 1 amide bonds. The fourth-order valence-corrected chi connectivity index (χ4v) is 4.25. The molecule has 2 aromatic rings. The number of hydrogen-bond acceptors (Lipinski definition) is 4. The zero-order valence-corrected chi connectivity index (χ0v) is 17.2. The molecule has 0 aliphatic heterocycles. The summed E-state index contributed by atoms with van der Waals surface area (Å²) in [6.07, 6.45) is 3.06. The molecule has 1 atom stereocenters. The number of sulfonamides is 1. The highest BCUT2D eigenvalue weighted by Crippen LogP contribution is 2.25. The Morgan fingerprint density at radius 3 is 2.38 bits per heavy atom. The van der Waals surface area contributed by atoms with Crippen LogP contribution in [0.25, 0.3) is 0 Å². The second-order valence-corrected chi connectivity index (χ2v) is 8.96. The fourth-order valence-electron chi connectivity index (χ4n) is 2.62. The van der Waals surface area contributed by atoms with Gasteiger partial charge in [-0.05, 0) is 68.5 Å². The van der Waals surface area contributed by atoms with Gasteiger partial charge in [0.05, 0.1) is 11.9 Å². The monoisotopic (exact) mass is 392 g/mol. The van der Waals surface area contributed by atoms with Crippen LogP contribution in [0, 0.1) is 13.8 Å². The number of nitrogens with zero attached hydrogens (tertiary/aromatic N) is 1. The number of aryl methyl sites for hydroxylation is 2. The molecule has 1 N–H and O–H groups in total. The van der Waals surface area contributed by atoms with Gasteiger partial charge < -0.3 is 5.32 Å². The van der Waals surface area contributed by atoms with E-state index >= 15 is 0 Å². The Labute approximate surface area is 159 Å². The van der Waals surface area contributed by atoms with Crippen molar-refractivity contribution in [2.75, 3.05) is 22.1 Å². The summed E-state index contributed by atoms with van der Waals surface area (Å²) in [6, 6.07) is 11.9. The number of carbonyl (C=O) groups is 1. The maximum absolute atomic E-state index is 12.7. The van der Waals surface area contributed by atoms with Crippen molar-refractivity contribution in [3.05, 3.63) is 53.6 Å². The van der Waals surface area contributed by atoms with Gasteiger partial charge in [-0.25, -0.2) is 8.42 Å². The van der Waals surface area contributed by atoms with Gasteiger partial charge in [-0.1, -0.05) is 12.1 Å². The highest BCUT2D eigenvalue weighted by molar-refractivity contribution is 7.98. The number of anilines is 2. The predicted molar refractivity (Wildman–Crippen MR) is 110 cm³/mol. The van der Waals surface area contributed by atoms with Crippen molar-refractivity contribution in [2.24, 2.45) is 0 Å². The minimum atomic E-state index is -3.63. The molecule has 0 heterocycles. The van der Waals surface area contributed by atoms with E-state index in [-0.39, 0.29) is 5.91 Å². The number of thioether (sulfide) groups is 1. The lowest BCUT2D eigenvalue weighted by Gasteiger charge is -2.28. The van der Waals surface area contributed by atoms with Crippen LogP contribution >= 0.6 is 11.8 Å². The highest BCUT2D eigenvalue weighted by Gasteiger charge is 2.29. The molecule has 0 saturated heterocycles. The molecule has 7 heteroatoms. The van der Waals surface area contributed by atoms with Crippen LogP contribution in [-0.2, 0) is 14.8 Å². The summed E-state index contributed by atoms with van der Waals surface area (Å²) in [4.78, 5) is 13.7. The molecule has 5 nitrogen and oxygen atoms in total. The van der Waals surface area contributed by atoms with Crippen molar-refractivity contribution >= 4 is 39.1 Å². The standard InChI is InChI=1S/C19H24N2O3S2/c1-13-9-10-17(11-14(13)2)21(26(5,23)24)15(3)19(22)20-16-7-6-8-18(12-16)25-4/h6-12,15H,1-5H3,(H,20,22). The van der Waals surface area contributed by atoms with E-state index in [0.29, 0.717) is 11.4 Å². The first-order chi connectivity index (χ1) is 12.1. The van der Waals surface area contributed by atoms with E-state index in [4.69, 9.17) is 0 Å². The molecule has 140 valence electrons. The van der Waals surface area contributed by atoms with Crippen LogP contribution in [0.5, 0.6) is 0 Å². The number of nitrogens with one attached hydrogen (secondary N) is 1. The van der Waals surface area contributed by atoms with Crippen LogP contribution in [-0.4, -0.2) is 32.9 Å². The van der Waals surface area contributed by atoms with E-state index < -0.39 is 16.1 Å². The third kappa shape index (κ3) is 4.80. The Balaban J connectivity index is 2.32. The molecule has 0 saturated carbocycles. The van der Waals surface area contributed by atoms with Crippen molar-refractivity contribution in [3.8, 4) is 0 Å². The molecule has 2 aromatic carbocycles. The molecular weight excluding hydrogens is 368 g/mol. The molecule has 0 bridgehead atoms. The molecule has 1 unspecified atom stereocenters. The average Bonchev–Trinajstić information content (AvgIpc) is 2.57. The van der Waals surface area contributed by atoms with Gasteiger partial charge in [0.1, 0.15) is 6.04 Å². The van der Waals surface area contributed by atoms with Gasteiger partial charge in [0, 0.05) is 10.6 Å². The minimum Gasteiger partial charge on any atom is -0.324 e. The Morgan fingerprint density at radius 2 is 1.81 bits per heavy atom. The smallest absolute Gasteiger partial charge is 0.247 e. The first-order valence-electron chi connectivity index (χ1n) is 8.15. The number of carbonyl (C=O) groups excluding carboxylic acids is 1. The summed E-state index contributed by atoms with van der Waals surface area (Å²) in [5, 5.41) is 2.81. The van der Waals surface area contributed by atoms with Crippen molar-refractivity contribution in [2.45, 2.75) is 31.7 Å². The lowest BCUT2D eigenvalue weighted by molar-refractivity contribution is -0.116. The largest absolute Gasteiger partial charge is 0.324 e. The molecule has 26 heavy (non-hydrogen) atoms. The molecule has 0 radical (unpaired) electrons. The molecule has 0 aliphatic carbocycles. The van der Waals surface area contributed by atoms with Crippen molar-refractivity contribution in [3.63, 3.8) is 0 Å². The molecule has 0 aliphatic rings. The molecule has 0 aromatic heterocycles. The summed E-state index contributed by atoms with van der Waals surface area (Å²) in [5.74, 6) is -0.382. The number of amides is 1. The van der Waals surface area contributed by atoms with Crippen LogP contribution in [0.15, 0.2) is 47.4 Å². The third-order valence-corrected chi connectivity index (χ3v) is 6.14. The lowest BCUT2D eigenvalue weighted by Crippen LogP contribution is -2.45. The zero-order chi connectivity index (χ0) is 19.5. The van der Waals surface area contributed by atoms with Crippen LogP contribution in [0.3, 0.4) is 0 Å². The lowest BCUT2D eigenvalue weighted by atomic mass is 10.1. The van der Waals surface area contributed by atoms with E-state index in [1.807, 2.05) is 44.4 Å². The first-order valence-corrected chi connectivity index (χ1v) is 11.2. The Hall–Kier alpha value is -1.99. The van der Waals surface area contributed by atoms with Crippen molar-refractivity contribution in [1.82, 2.24) is 0 Å². The summed E-state index contributed by atoms with van der Waals surface area (Å²) >= 11 is 1.57. The predicted octanol–water partition coefficient (Wildman–Crippen LogP) is 3.82. The Kier molecular flexibility index (Phi) is 6.36. The van der Waals surface area contributed by atoms with Gasteiger partial charge >= 0.3 is 0 Å². The van der Waals surface area contributed by atoms with Gasteiger partial charge in [0.2, 0.25) is 15.9 Å². The van der Waals surface area contributed by atoms with E-state index in [2.05, 4.69) is 5.32 Å². The number of hydrogen-bond donors (Lipinski definition) is 1. The number of benzene rings is 2. The van der Waals surface area contributed by atoms with E-state index in [0.717, 1.165) is 26.6 Å². The van der Waals surface area contributed by atoms with Crippen LogP contribution < -0.4 is 9.62 Å². The Morgan fingerprint density at radius 1 is 1.12 bits per heavy atom. The minimum absolute atomic E-state index is 0.382. The van der Waals surface area contributed by atoms with Crippen molar-refractivity contribution < 1.29 is 13.2 Å². The van der Waals surface area contributed by atoms with Crippen LogP contribution in [0.2, 0.25) is 0 Å². The molecule has 0 spiro atoms. The normalized spacial score (nSPS) is 12.5. The second kappa shape index (κ2) is 8.14. The molecule has 2 rings (SSSR count). The SMILES string of the molecule is CSc1cccc(NC(=O)C(C)N(c2ccc(C)c(C)c2)S(C)(=O)=O)c1. The van der Waals surface area contributed by atoms with E-state index in [1.165, 1.54) is 0 Å². The quantitative estimate of drug-likeness (QED) is 0.759. The summed E-state index contributed by atoms with van der Waals surface area (Å²) < 4.78 is 25.9. The zero-order valence-electron chi connectivity index (χ0n) is 15.6. The van der Waals surface area contributed by atoms with Crippen molar-refractivity contribution in [1.29, 1.82) is 0 Å². The maximum Gasteiger partial charge on any atom is 0.247 e. The summed E-state index contributed by atoms with van der Waals surface area (Å²) in [5.41, 5.74) is 3.16. The van der Waals surface area contributed by atoms with Gasteiger partial charge in [0.25, 0.3) is 0 Å². The van der Waals surface area contributed by atoms with Gasteiger partial charge in [-0.2, -0.15) is 0 Å². The van der Waals surface area contributed by atoms with Gasteiger partial charge in [-0.15, -0.1) is 11.8 Å². The van der Waals surface area contributed by atoms with Crippen LogP contribution in [0.1, 0.15) is 18.1 Å². The van der Waals surface area contributed by atoms with E-state index in [9.17, 15) is 13.2 Å². The highest BCUT2D eigenvalue weighted by atomic mass is 32.2. The third-order valence-electron chi connectivity index (χ3n) is 4.17. The average molecular weight is 393 g/mol. The number of rotatable bonds is 6. The first kappa shape index (κ1) is 20.3. The topological polar surface area (TPSA) is 66.5 Å². The van der Waals surface area contributed by atoms with Crippen LogP contribution in [0.4, 0.5) is 11.4 Å². The maximum atomic E-state index is 12.7. The summed E-state index contributed by atoms with van der Waals surface area (Å²) in [7, 11) is -3.63. The molecular formula is C19H24N2O3S2. The second-order valence-electron chi connectivity index (χ2n) is 6.22. The fraction of sp³-hybridized carbons (Fsp3) is 0.316. The van der Waals surface area contributed by atoms with Gasteiger partial charge in [0.15, 0.2) is 0 Å². The van der Waals surface area contributed by atoms with E-state index in [1.54, 1.807) is 36.9 Å². The summed E-state index contributed by atoms with van der Waals surface area (Å²) in [6.45, 7) is 5.46.